The summed E-state index contributed by atoms with van der Waals surface area (Å²) >= 11 is 6.44. The van der Waals surface area contributed by atoms with Crippen LogP contribution in [-0.2, 0) is 18.4 Å². The molecular weight excluding hydrogens is 518 g/mol. The molecule has 2 atom stereocenters. The maximum Gasteiger partial charge on any atom is 0.255 e. The lowest BCUT2D eigenvalue weighted by atomic mass is 10.0. The van der Waals surface area contributed by atoms with Crippen molar-refractivity contribution in [2.75, 3.05) is 11.9 Å². The maximum absolute atomic E-state index is 13.4. The van der Waals surface area contributed by atoms with Gasteiger partial charge in [-0.3, -0.25) is 14.3 Å². The molecule has 0 unspecified atom stereocenters. The number of nitrogens with one attached hydrogen (secondary N) is 2. The molecule has 0 saturated carbocycles. The maximum atomic E-state index is 13.4. The summed E-state index contributed by atoms with van der Waals surface area (Å²) in [6.45, 7) is 3.67. The highest BCUT2D eigenvalue weighted by Gasteiger charge is 2.35. The second kappa shape index (κ2) is 10.8. The second-order valence-electron chi connectivity index (χ2n) is 9.49. The molecule has 11 heteroatoms. The number of aliphatic hydroxyl groups is 1. The van der Waals surface area contributed by atoms with Crippen molar-refractivity contribution in [2.45, 2.75) is 32.5 Å². The Balaban J connectivity index is 1.34. The van der Waals surface area contributed by atoms with Gasteiger partial charge >= 0.3 is 0 Å². The minimum absolute atomic E-state index is 0.253. The standard InChI is InChI=1S/C28H28ClN7O3/c1-16-5-4-6-18(11-16)23(15-37)32-26(38)17(2)36-14-20-8-7-19(12-21(20)27(36)39)25-22(29)13-30-28(34-25)33-24-9-10-31-35(24)3/h4-13,17,23,37H,14-15H2,1-3H3,(H,32,38)(H,30,33,34)/t17-,23-/m1/s1. The first kappa shape index (κ1) is 26.3. The monoisotopic (exact) mass is 545 g/mol. The van der Waals surface area contributed by atoms with E-state index in [9.17, 15) is 14.7 Å². The molecule has 4 aromatic rings. The van der Waals surface area contributed by atoms with Crippen molar-refractivity contribution in [1.82, 2.24) is 30.0 Å². The van der Waals surface area contributed by atoms with Gasteiger partial charge in [0.2, 0.25) is 11.9 Å². The van der Waals surface area contributed by atoms with Crippen LogP contribution in [0.1, 0.15) is 40.0 Å². The number of benzene rings is 2. The molecule has 1 aliphatic heterocycles. The summed E-state index contributed by atoms with van der Waals surface area (Å²) in [4.78, 5) is 36.8. The lowest BCUT2D eigenvalue weighted by Crippen LogP contribution is -2.46. The van der Waals surface area contributed by atoms with E-state index in [2.05, 4.69) is 25.7 Å². The van der Waals surface area contributed by atoms with Gasteiger partial charge in [0.05, 0.1) is 35.8 Å². The Labute approximate surface area is 230 Å². The molecule has 0 radical (unpaired) electrons. The molecule has 10 nitrogen and oxygen atoms in total. The summed E-state index contributed by atoms with van der Waals surface area (Å²) in [6, 6.07) is 13.5. The lowest BCUT2D eigenvalue weighted by Gasteiger charge is -2.26. The number of hydrogen-bond acceptors (Lipinski definition) is 7. The highest BCUT2D eigenvalue weighted by molar-refractivity contribution is 6.33. The topological polar surface area (TPSA) is 125 Å². The summed E-state index contributed by atoms with van der Waals surface area (Å²) < 4.78 is 1.65. The van der Waals surface area contributed by atoms with Gasteiger partial charge in [-0.2, -0.15) is 5.10 Å². The molecule has 200 valence electrons. The van der Waals surface area contributed by atoms with E-state index < -0.39 is 12.1 Å². The van der Waals surface area contributed by atoms with E-state index >= 15 is 0 Å². The first-order chi connectivity index (χ1) is 18.7. The van der Waals surface area contributed by atoms with Gasteiger partial charge in [-0.15, -0.1) is 0 Å². The first-order valence-corrected chi connectivity index (χ1v) is 12.8. The van der Waals surface area contributed by atoms with Crippen molar-refractivity contribution in [3.05, 3.63) is 88.2 Å². The van der Waals surface area contributed by atoms with Crippen LogP contribution in [0.5, 0.6) is 0 Å². The molecule has 0 fully saturated rings. The summed E-state index contributed by atoms with van der Waals surface area (Å²) in [7, 11) is 1.80. The van der Waals surface area contributed by atoms with Crippen molar-refractivity contribution < 1.29 is 14.7 Å². The third kappa shape index (κ3) is 5.34. The van der Waals surface area contributed by atoms with Gasteiger partial charge in [0, 0.05) is 30.8 Å². The molecule has 2 aromatic heterocycles. The van der Waals surface area contributed by atoms with Gasteiger partial charge in [0.1, 0.15) is 11.9 Å². The Morgan fingerprint density at radius 1 is 1.21 bits per heavy atom. The highest BCUT2D eigenvalue weighted by Crippen LogP contribution is 2.32. The smallest absolute Gasteiger partial charge is 0.255 e. The Hall–Kier alpha value is -4.28. The Morgan fingerprint density at radius 3 is 2.74 bits per heavy atom. The number of amides is 2. The minimum Gasteiger partial charge on any atom is -0.394 e. The molecular formula is C28H28ClN7O3. The molecule has 5 rings (SSSR count). The molecule has 2 aromatic carbocycles. The number of carbonyl (C=O) groups excluding carboxylic acids is 2. The quantitative estimate of drug-likeness (QED) is 0.308. The third-order valence-corrected chi connectivity index (χ3v) is 7.09. The van der Waals surface area contributed by atoms with Crippen LogP contribution in [0.3, 0.4) is 0 Å². The SMILES string of the molecule is Cc1cccc([C@@H](CO)NC(=O)[C@@H](C)N2Cc3ccc(-c4nc(Nc5ccnn5C)ncc4Cl)cc3C2=O)c1. The fourth-order valence-corrected chi connectivity index (χ4v) is 4.78. The number of halogens is 1. The van der Waals surface area contributed by atoms with Crippen molar-refractivity contribution in [1.29, 1.82) is 0 Å². The average Bonchev–Trinajstić information content (AvgIpc) is 3.49. The Kier molecular flexibility index (Phi) is 7.32. The summed E-state index contributed by atoms with van der Waals surface area (Å²) in [5, 5.41) is 20.3. The zero-order valence-corrected chi connectivity index (χ0v) is 22.5. The number of aromatic nitrogens is 4. The van der Waals surface area contributed by atoms with Crippen molar-refractivity contribution in [2.24, 2.45) is 7.05 Å². The fourth-order valence-electron chi connectivity index (χ4n) is 4.58. The Morgan fingerprint density at radius 2 is 2.03 bits per heavy atom. The zero-order valence-electron chi connectivity index (χ0n) is 21.7. The van der Waals surface area contributed by atoms with Crippen molar-refractivity contribution in [3.63, 3.8) is 0 Å². The van der Waals surface area contributed by atoms with Crippen LogP contribution in [0.4, 0.5) is 11.8 Å². The fraction of sp³-hybridized carbons (Fsp3) is 0.250. The third-order valence-electron chi connectivity index (χ3n) is 6.81. The van der Waals surface area contributed by atoms with Crippen LogP contribution in [0.2, 0.25) is 5.02 Å². The Bertz CT molecular complexity index is 1550. The largest absolute Gasteiger partial charge is 0.394 e. The van der Waals surface area contributed by atoms with Gasteiger partial charge in [0.25, 0.3) is 5.91 Å². The molecule has 3 heterocycles. The molecule has 3 N–H and O–H groups in total. The van der Waals surface area contributed by atoms with E-state index in [1.165, 1.54) is 11.1 Å². The molecule has 0 spiro atoms. The minimum atomic E-state index is -0.746. The number of hydrogen-bond donors (Lipinski definition) is 3. The first-order valence-electron chi connectivity index (χ1n) is 12.4. The number of rotatable bonds is 8. The van der Waals surface area contributed by atoms with Crippen molar-refractivity contribution in [3.8, 4) is 11.3 Å². The molecule has 39 heavy (non-hydrogen) atoms. The van der Waals surface area contributed by atoms with Crippen LogP contribution in [-0.4, -0.2) is 54.2 Å². The number of anilines is 2. The van der Waals surface area contributed by atoms with E-state index in [0.29, 0.717) is 40.2 Å². The van der Waals surface area contributed by atoms with Crippen LogP contribution in [0.15, 0.2) is 60.9 Å². The van der Waals surface area contributed by atoms with E-state index in [-0.39, 0.29) is 18.4 Å². The molecule has 0 aliphatic carbocycles. The molecule has 0 bridgehead atoms. The van der Waals surface area contributed by atoms with Gasteiger partial charge in [-0.25, -0.2) is 9.97 Å². The molecule has 1 aliphatic rings. The van der Waals surface area contributed by atoms with Gasteiger partial charge in [-0.05, 0) is 31.0 Å². The number of fused-ring (bicyclic) bond motifs is 1. The lowest BCUT2D eigenvalue weighted by molar-refractivity contribution is -0.126. The van der Waals surface area contributed by atoms with E-state index in [4.69, 9.17) is 11.6 Å². The van der Waals surface area contributed by atoms with E-state index in [1.807, 2.05) is 43.3 Å². The van der Waals surface area contributed by atoms with Crippen LogP contribution >= 0.6 is 11.6 Å². The summed E-state index contributed by atoms with van der Waals surface area (Å²) in [6.07, 6.45) is 3.16. The number of nitrogens with zero attached hydrogens (tertiary/aromatic N) is 5. The average molecular weight is 546 g/mol. The van der Waals surface area contributed by atoms with Gasteiger partial charge in [-0.1, -0.05) is 53.6 Å². The number of aliphatic hydroxyl groups excluding tert-OH is 1. The highest BCUT2D eigenvalue weighted by atomic mass is 35.5. The zero-order chi connectivity index (χ0) is 27.7. The number of carbonyl (C=O) groups is 2. The van der Waals surface area contributed by atoms with Crippen LogP contribution < -0.4 is 10.6 Å². The van der Waals surface area contributed by atoms with Crippen molar-refractivity contribution >= 4 is 35.2 Å². The van der Waals surface area contributed by atoms with Crippen LogP contribution in [0, 0.1) is 6.92 Å². The van der Waals surface area contributed by atoms with Crippen LogP contribution in [0.25, 0.3) is 11.3 Å². The van der Waals surface area contributed by atoms with E-state index in [1.54, 1.807) is 37.0 Å². The van der Waals surface area contributed by atoms with E-state index in [0.717, 1.165) is 16.7 Å². The summed E-state index contributed by atoms with van der Waals surface area (Å²) in [5.74, 6) is 0.440. The van der Waals surface area contributed by atoms with Gasteiger partial charge < -0.3 is 20.6 Å². The predicted octanol–water partition coefficient (Wildman–Crippen LogP) is 3.78. The normalized spacial score (nSPS) is 14.2. The molecule has 2 amide bonds. The predicted molar refractivity (Wildman–Crippen MR) is 147 cm³/mol. The number of aryl methyl sites for hydroxylation is 2. The second-order valence-corrected chi connectivity index (χ2v) is 9.90. The van der Waals surface area contributed by atoms with Gasteiger partial charge in [0.15, 0.2) is 0 Å². The molecule has 0 saturated heterocycles. The summed E-state index contributed by atoms with van der Waals surface area (Å²) in [5.41, 5.74) is 4.25.